The molecule has 126 valence electrons. The highest BCUT2D eigenvalue weighted by Gasteiger charge is 2.15. The van der Waals surface area contributed by atoms with Gasteiger partial charge in [-0.25, -0.2) is 22.8 Å². The van der Waals surface area contributed by atoms with Gasteiger partial charge in [0.05, 0.1) is 17.7 Å². The maximum atomic E-state index is 13.5. The Bertz CT molecular complexity index is 757. The predicted octanol–water partition coefficient (Wildman–Crippen LogP) is 3.64. The van der Waals surface area contributed by atoms with Crippen molar-refractivity contribution in [2.75, 3.05) is 6.61 Å². The largest absolute Gasteiger partial charge is 0.462 e. The maximum absolute atomic E-state index is 13.5. The summed E-state index contributed by atoms with van der Waals surface area (Å²) in [5.74, 6) is -4.97. The number of halogens is 3. The van der Waals surface area contributed by atoms with Crippen molar-refractivity contribution in [3.05, 3.63) is 70.5 Å². The van der Waals surface area contributed by atoms with E-state index in [4.69, 9.17) is 9.47 Å². The van der Waals surface area contributed by atoms with Crippen LogP contribution < -0.4 is 0 Å². The van der Waals surface area contributed by atoms with Gasteiger partial charge in [-0.2, -0.15) is 0 Å². The normalized spacial score (nSPS) is 10.3. The number of carbonyl (C=O) groups excluding carboxylic acids is 2. The van der Waals surface area contributed by atoms with E-state index in [1.807, 2.05) is 0 Å². The van der Waals surface area contributed by atoms with Crippen molar-refractivity contribution < 1.29 is 32.2 Å². The van der Waals surface area contributed by atoms with E-state index in [0.717, 1.165) is 6.07 Å². The van der Waals surface area contributed by atoms with Crippen LogP contribution in [0.4, 0.5) is 13.2 Å². The summed E-state index contributed by atoms with van der Waals surface area (Å²) in [4.78, 5) is 23.3. The Kier molecular flexibility index (Phi) is 5.57. The lowest BCUT2D eigenvalue weighted by Gasteiger charge is -2.07. The van der Waals surface area contributed by atoms with Crippen LogP contribution in [0.15, 0.2) is 36.4 Å². The first-order valence-electron chi connectivity index (χ1n) is 7.00. The first kappa shape index (κ1) is 17.5. The zero-order valence-electron chi connectivity index (χ0n) is 12.6. The van der Waals surface area contributed by atoms with E-state index in [1.54, 1.807) is 6.92 Å². The molecular weight excluding hydrogens is 325 g/mol. The molecule has 0 amide bonds. The van der Waals surface area contributed by atoms with Crippen molar-refractivity contribution in [3.8, 4) is 0 Å². The summed E-state index contributed by atoms with van der Waals surface area (Å²) >= 11 is 0. The van der Waals surface area contributed by atoms with E-state index in [1.165, 1.54) is 24.3 Å². The number of hydrogen-bond acceptors (Lipinski definition) is 4. The Morgan fingerprint density at radius 1 is 0.917 bits per heavy atom. The molecule has 0 atom stereocenters. The topological polar surface area (TPSA) is 52.6 Å². The third-order valence-corrected chi connectivity index (χ3v) is 3.06. The van der Waals surface area contributed by atoms with Crippen LogP contribution in [0.25, 0.3) is 0 Å². The molecule has 2 aromatic carbocycles. The highest BCUT2D eigenvalue weighted by molar-refractivity contribution is 5.93. The lowest BCUT2D eigenvalue weighted by atomic mass is 10.1. The van der Waals surface area contributed by atoms with Crippen LogP contribution in [0, 0.1) is 17.5 Å². The molecule has 0 saturated carbocycles. The molecule has 0 aliphatic rings. The van der Waals surface area contributed by atoms with E-state index in [-0.39, 0.29) is 17.7 Å². The monoisotopic (exact) mass is 338 g/mol. The Labute approximate surface area is 135 Å². The van der Waals surface area contributed by atoms with E-state index in [2.05, 4.69) is 0 Å². The van der Waals surface area contributed by atoms with E-state index >= 15 is 0 Å². The molecule has 0 saturated heterocycles. The van der Waals surface area contributed by atoms with Crippen LogP contribution in [0.1, 0.15) is 33.2 Å². The van der Waals surface area contributed by atoms with Gasteiger partial charge in [-0.05, 0) is 37.3 Å². The summed E-state index contributed by atoms with van der Waals surface area (Å²) in [5.41, 5.74) is -0.0593. The molecule has 2 aromatic rings. The van der Waals surface area contributed by atoms with Gasteiger partial charge in [-0.1, -0.05) is 0 Å². The fourth-order valence-corrected chi connectivity index (χ4v) is 1.90. The molecule has 0 N–H and O–H groups in total. The zero-order chi connectivity index (χ0) is 17.7. The second-order valence-corrected chi connectivity index (χ2v) is 4.73. The van der Waals surface area contributed by atoms with Gasteiger partial charge in [0.25, 0.3) is 0 Å². The van der Waals surface area contributed by atoms with Crippen molar-refractivity contribution in [1.82, 2.24) is 0 Å². The van der Waals surface area contributed by atoms with Crippen LogP contribution in [-0.2, 0) is 16.1 Å². The second-order valence-electron chi connectivity index (χ2n) is 4.73. The molecule has 0 aliphatic carbocycles. The molecule has 0 aromatic heterocycles. The van der Waals surface area contributed by atoms with Gasteiger partial charge in [0, 0.05) is 11.6 Å². The smallest absolute Gasteiger partial charge is 0.338 e. The molecule has 2 rings (SSSR count). The van der Waals surface area contributed by atoms with Gasteiger partial charge in [0.2, 0.25) is 0 Å². The Morgan fingerprint density at radius 2 is 1.46 bits per heavy atom. The van der Waals surface area contributed by atoms with Crippen LogP contribution >= 0.6 is 0 Å². The van der Waals surface area contributed by atoms with Crippen LogP contribution in [-0.4, -0.2) is 18.5 Å². The van der Waals surface area contributed by atoms with E-state index in [9.17, 15) is 22.8 Å². The van der Waals surface area contributed by atoms with Gasteiger partial charge >= 0.3 is 11.9 Å². The van der Waals surface area contributed by atoms with Crippen molar-refractivity contribution in [3.63, 3.8) is 0 Å². The third kappa shape index (κ3) is 4.13. The Balaban J connectivity index is 2.04. The van der Waals surface area contributed by atoms with Crippen LogP contribution in [0.5, 0.6) is 0 Å². The van der Waals surface area contributed by atoms with Crippen molar-refractivity contribution >= 4 is 11.9 Å². The van der Waals surface area contributed by atoms with Gasteiger partial charge in [-0.3, -0.25) is 0 Å². The Hall–Kier alpha value is -2.83. The maximum Gasteiger partial charge on any atom is 0.338 e. The van der Waals surface area contributed by atoms with Gasteiger partial charge in [-0.15, -0.1) is 0 Å². The molecule has 4 nitrogen and oxygen atoms in total. The number of esters is 2. The summed E-state index contributed by atoms with van der Waals surface area (Å²) in [5, 5.41) is 0. The Morgan fingerprint density at radius 3 is 2.00 bits per heavy atom. The molecule has 0 unspecified atom stereocenters. The predicted molar refractivity (Wildman–Crippen MR) is 77.8 cm³/mol. The fraction of sp³-hybridized carbons (Fsp3) is 0.176. The molecule has 0 fully saturated rings. The van der Waals surface area contributed by atoms with Crippen LogP contribution in [0.3, 0.4) is 0 Å². The number of hydrogen-bond donors (Lipinski definition) is 0. The van der Waals surface area contributed by atoms with E-state index < -0.39 is 41.6 Å². The van der Waals surface area contributed by atoms with Crippen molar-refractivity contribution in [2.24, 2.45) is 0 Å². The number of carbonyl (C=O) groups is 2. The lowest BCUT2D eigenvalue weighted by Crippen LogP contribution is -2.09. The third-order valence-electron chi connectivity index (χ3n) is 3.06. The molecule has 0 radical (unpaired) electrons. The first-order valence-corrected chi connectivity index (χ1v) is 7.00. The molecule has 24 heavy (non-hydrogen) atoms. The zero-order valence-corrected chi connectivity index (χ0v) is 12.6. The van der Waals surface area contributed by atoms with Crippen LogP contribution in [0.2, 0.25) is 0 Å². The molecule has 0 aliphatic heterocycles. The van der Waals surface area contributed by atoms with Gasteiger partial charge < -0.3 is 9.47 Å². The standard InChI is InChI=1S/C17H13F3O4/c1-2-23-16(21)10-3-5-11(6-4-10)17(22)24-9-12-7-13(18)8-14(19)15(12)20/h3-8H,2,9H2,1H3. The quantitative estimate of drug-likeness (QED) is 0.617. The number of benzene rings is 2. The SMILES string of the molecule is CCOC(=O)c1ccc(C(=O)OCc2cc(F)cc(F)c2F)cc1. The van der Waals surface area contributed by atoms with Gasteiger partial charge in [0.1, 0.15) is 12.4 Å². The molecule has 0 bridgehead atoms. The number of ether oxygens (including phenoxy) is 2. The summed E-state index contributed by atoms with van der Waals surface area (Å²) < 4.78 is 49.2. The molecule has 0 heterocycles. The highest BCUT2D eigenvalue weighted by atomic mass is 19.2. The van der Waals surface area contributed by atoms with Crippen molar-refractivity contribution in [2.45, 2.75) is 13.5 Å². The summed E-state index contributed by atoms with van der Waals surface area (Å²) in [6.45, 7) is 1.26. The summed E-state index contributed by atoms with van der Waals surface area (Å²) in [7, 11) is 0. The van der Waals surface area contributed by atoms with Crippen molar-refractivity contribution in [1.29, 1.82) is 0 Å². The average molecular weight is 338 g/mol. The minimum absolute atomic E-state index is 0.0975. The summed E-state index contributed by atoms with van der Waals surface area (Å²) in [6.07, 6.45) is 0. The highest BCUT2D eigenvalue weighted by Crippen LogP contribution is 2.16. The van der Waals surface area contributed by atoms with Gasteiger partial charge in [0.15, 0.2) is 11.6 Å². The lowest BCUT2D eigenvalue weighted by molar-refractivity contribution is 0.0464. The molecule has 7 heteroatoms. The fourth-order valence-electron chi connectivity index (χ4n) is 1.90. The number of rotatable bonds is 5. The second kappa shape index (κ2) is 7.63. The summed E-state index contributed by atoms with van der Waals surface area (Å²) in [6, 6.07) is 6.55. The van der Waals surface area contributed by atoms with E-state index in [0.29, 0.717) is 6.07 Å². The first-order chi connectivity index (χ1) is 11.4. The molecular formula is C17H13F3O4. The minimum Gasteiger partial charge on any atom is -0.462 e. The minimum atomic E-state index is -1.36. The molecule has 0 spiro atoms. The average Bonchev–Trinajstić information content (AvgIpc) is 2.56.